The molecule has 3 atom stereocenters. The van der Waals surface area contributed by atoms with Gasteiger partial charge in [0, 0.05) is 24.6 Å². The molecule has 6 heteroatoms. The smallest absolute Gasteiger partial charge is 0.317 e. The monoisotopic (exact) mass is 348 g/mol. The molecule has 0 radical (unpaired) electrons. The standard InChI is InChI=1S/C19H28N2O4/c1-3-23-17-11-16(19(17)7-4-8-19)20-18(22)21-9-10-24-15(12-21)14-6-5-13(2)25-14/h5-6,15-17H,3-4,7-12H2,1-2H3,(H,20,22). The van der Waals surface area contributed by atoms with Crippen molar-refractivity contribution in [2.45, 2.75) is 57.8 Å². The summed E-state index contributed by atoms with van der Waals surface area (Å²) in [5.74, 6) is 1.66. The van der Waals surface area contributed by atoms with Gasteiger partial charge in [-0.25, -0.2) is 4.79 Å². The molecule has 2 amide bonds. The summed E-state index contributed by atoms with van der Waals surface area (Å²) >= 11 is 0. The Morgan fingerprint density at radius 1 is 1.44 bits per heavy atom. The van der Waals surface area contributed by atoms with Crippen molar-refractivity contribution in [2.75, 3.05) is 26.3 Å². The van der Waals surface area contributed by atoms with Crippen LogP contribution in [0.1, 0.15) is 50.2 Å². The average Bonchev–Trinajstić information content (AvgIpc) is 2.99. The van der Waals surface area contributed by atoms with Crippen molar-refractivity contribution in [3.05, 3.63) is 23.7 Å². The molecule has 3 aliphatic rings. The number of carbonyl (C=O) groups is 1. The second kappa shape index (κ2) is 6.65. The summed E-state index contributed by atoms with van der Waals surface area (Å²) in [6.07, 6.45) is 4.65. The van der Waals surface area contributed by atoms with Crippen molar-refractivity contribution in [3.63, 3.8) is 0 Å². The fourth-order valence-electron chi connectivity index (χ4n) is 4.51. The second-order valence-corrected chi connectivity index (χ2v) is 7.52. The van der Waals surface area contributed by atoms with Gasteiger partial charge in [-0.15, -0.1) is 0 Å². The van der Waals surface area contributed by atoms with E-state index in [9.17, 15) is 4.79 Å². The molecule has 1 N–H and O–H groups in total. The fourth-order valence-corrected chi connectivity index (χ4v) is 4.51. The molecule has 2 saturated carbocycles. The number of morpholine rings is 1. The number of ether oxygens (including phenoxy) is 2. The molecule has 2 aliphatic carbocycles. The van der Waals surface area contributed by atoms with Gasteiger partial charge in [0.1, 0.15) is 17.6 Å². The Hall–Kier alpha value is -1.53. The Labute approximate surface area is 148 Å². The van der Waals surface area contributed by atoms with E-state index in [0.29, 0.717) is 25.8 Å². The van der Waals surface area contributed by atoms with Crippen LogP contribution >= 0.6 is 0 Å². The van der Waals surface area contributed by atoms with Crippen molar-refractivity contribution in [3.8, 4) is 0 Å². The quantitative estimate of drug-likeness (QED) is 0.908. The number of rotatable bonds is 4. The lowest BCUT2D eigenvalue weighted by molar-refractivity contribution is -0.170. The number of aryl methyl sites for hydroxylation is 1. The number of furan rings is 1. The molecule has 2 heterocycles. The third-order valence-electron chi connectivity index (χ3n) is 6.17. The molecule has 25 heavy (non-hydrogen) atoms. The van der Waals surface area contributed by atoms with Crippen LogP contribution in [-0.4, -0.2) is 49.4 Å². The van der Waals surface area contributed by atoms with E-state index in [1.807, 2.05) is 30.9 Å². The molecule has 1 aromatic heterocycles. The van der Waals surface area contributed by atoms with Crippen molar-refractivity contribution in [1.29, 1.82) is 0 Å². The Morgan fingerprint density at radius 3 is 2.92 bits per heavy atom. The van der Waals surface area contributed by atoms with Gasteiger partial charge in [0.25, 0.3) is 0 Å². The number of nitrogens with one attached hydrogen (secondary N) is 1. The third kappa shape index (κ3) is 2.95. The molecule has 3 fully saturated rings. The first-order valence-electron chi connectivity index (χ1n) is 9.47. The number of nitrogens with zero attached hydrogens (tertiary/aromatic N) is 1. The highest BCUT2D eigenvalue weighted by Gasteiger charge is 2.59. The molecular formula is C19H28N2O4. The first kappa shape index (κ1) is 16.9. The lowest BCUT2D eigenvalue weighted by atomic mass is 9.51. The summed E-state index contributed by atoms with van der Waals surface area (Å²) < 4.78 is 17.3. The summed E-state index contributed by atoms with van der Waals surface area (Å²) in [7, 11) is 0. The summed E-state index contributed by atoms with van der Waals surface area (Å²) in [5.41, 5.74) is 0.190. The molecule has 1 aliphatic heterocycles. The van der Waals surface area contributed by atoms with Crippen LogP contribution in [0.3, 0.4) is 0 Å². The molecular weight excluding hydrogens is 320 g/mol. The van der Waals surface area contributed by atoms with Gasteiger partial charge in [-0.05, 0) is 45.2 Å². The Bertz CT molecular complexity index is 625. The zero-order valence-corrected chi connectivity index (χ0v) is 15.1. The average molecular weight is 348 g/mol. The van der Waals surface area contributed by atoms with Crippen LogP contribution in [0.5, 0.6) is 0 Å². The minimum atomic E-state index is -0.177. The van der Waals surface area contributed by atoms with Crippen molar-refractivity contribution < 1.29 is 18.7 Å². The Kier molecular flexibility index (Phi) is 4.50. The maximum Gasteiger partial charge on any atom is 0.317 e. The summed E-state index contributed by atoms with van der Waals surface area (Å²) in [6, 6.07) is 4.13. The number of hydrogen-bond acceptors (Lipinski definition) is 4. The number of urea groups is 1. The van der Waals surface area contributed by atoms with E-state index in [0.717, 1.165) is 24.5 Å². The molecule has 3 unspecified atom stereocenters. The summed E-state index contributed by atoms with van der Waals surface area (Å²) in [6.45, 7) is 6.41. The van der Waals surface area contributed by atoms with Gasteiger partial charge < -0.3 is 24.1 Å². The van der Waals surface area contributed by atoms with E-state index in [1.54, 1.807) is 0 Å². The van der Waals surface area contributed by atoms with Crippen LogP contribution in [0.25, 0.3) is 0 Å². The molecule has 4 rings (SSSR count). The number of amides is 2. The van der Waals surface area contributed by atoms with Crippen LogP contribution in [0, 0.1) is 12.3 Å². The van der Waals surface area contributed by atoms with Crippen LogP contribution < -0.4 is 5.32 Å². The van der Waals surface area contributed by atoms with Crippen LogP contribution in [0.4, 0.5) is 4.79 Å². The van der Waals surface area contributed by atoms with E-state index in [4.69, 9.17) is 13.9 Å². The molecule has 138 valence electrons. The first-order valence-corrected chi connectivity index (χ1v) is 9.47. The lowest BCUT2D eigenvalue weighted by Crippen LogP contribution is -2.68. The van der Waals surface area contributed by atoms with Gasteiger partial charge in [-0.3, -0.25) is 0 Å². The second-order valence-electron chi connectivity index (χ2n) is 7.52. The van der Waals surface area contributed by atoms with Gasteiger partial charge in [0.15, 0.2) is 0 Å². The molecule has 0 bridgehead atoms. The normalized spacial score (nSPS) is 30.6. The van der Waals surface area contributed by atoms with Crippen molar-refractivity contribution in [2.24, 2.45) is 5.41 Å². The topological polar surface area (TPSA) is 63.9 Å². The van der Waals surface area contributed by atoms with Gasteiger partial charge >= 0.3 is 6.03 Å². The maximum atomic E-state index is 12.8. The maximum absolute atomic E-state index is 12.8. The van der Waals surface area contributed by atoms with Gasteiger partial charge in [0.2, 0.25) is 0 Å². The fraction of sp³-hybridized carbons (Fsp3) is 0.737. The van der Waals surface area contributed by atoms with E-state index >= 15 is 0 Å². The molecule has 0 aromatic carbocycles. The van der Waals surface area contributed by atoms with Crippen LogP contribution in [0.2, 0.25) is 0 Å². The highest BCUT2D eigenvalue weighted by Crippen LogP contribution is 2.57. The third-order valence-corrected chi connectivity index (χ3v) is 6.17. The van der Waals surface area contributed by atoms with Crippen molar-refractivity contribution >= 4 is 6.03 Å². The minimum Gasteiger partial charge on any atom is -0.464 e. The zero-order chi connectivity index (χ0) is 17.4. The predicted molar refractivity (Wildman–Crippen MR) is 92.3 cm³/mol. The van der Waals surface area contributed by atoms with Crippen LogP contribution in [-0.2, 0) is 9.47 Å². The lowest BCUT2D eigenvalue weighted by Gasteiger charge is -2.61. The van der Waals surface area contributed by atoms with Crippen LogP contribution in [0.15, 0.2) is 16.5 Å². The number of hydrogen-bond donors (Lipinski definition) is 1. The summed E-state index contributed by atoms with van der Waals surface area (Å²) in [5, 5.41) is 3.27. The first-order chi connectivity index (χ1) is 12.1. The highest BCUT2D eigenvalue weighted by molar-refractivity contribution is 5.75. The summed E-state index contributed by atoms with van der Waals surface area (Å²) in [4.78, 5) is 14.6. The largest absolute Gasteiger partial charge is 0.464 e. The van der Waals surface area contributed by atoms with Gasteiger partial charge in [-0.1, -0.05) is 6.42 Å². The molecule has 1 aromatic rings. The molecule has 1 saturated heterocycles. The SMILES string of the molecule is CCOC1CC(NC(=O)N2CCOC(c3ccc(C)o3)C2)C12CCC2. The van der Waals surface area contributed by atoms with Crippen molar-refractivity contribution in [1.82, 2.24) is 10.2 Å². The van der Waals surface area contributed by atoms with Gasteiger partial charge in [0.05, 0.1) is 19.3 Å². The molecule has 6 nitrogen and oxygen atoms in total. The Morgan fingerprint density at radius 2 is 2.28 bits per heavy atom. The predicted octanol–water partition coefficient (Wildman–Crippen LogP) is 3.02. The zero-order valence-electron chi connectivity index (χ0n) is 15.1. The minimum absolute atomic E-state index is 0.0165. The van der Waals surface area contributed by atoms with E-state index in [2.05, 4.69) is 5.32 Å². The van der Waals surface area contributed by atoms with Gasteiger partial charge in [-0.2, -0.15) is 0 Å². The van der Waals surface area contributed by atoms with E-state index < -0.39 is 0 Å². The highest BCUT2D eigenvalue weighted by atomic mass is 16.5. The number of carbonyl (C=O) groups excluding carboxylic acids is 1. The van der Waals surface area contributed by atoms with E-state index in [-0.39, 0.29) is 23.6 Å². The Balaban J connectivity index is 1.35. The van der Waals surface area contributed by atoms with E-state index in [1.165, 1.54) is 19.3 Å². The molecule has 1 spiro atoms.